The molecule has 0 aliphatic carbocycles. The summed E-state index contributed by atoms with van der Waals surface area (Å²) in [7, 11) is 0. The lowest BCUT2D eigenvalue weighted by Gasteiger charge is -2.06. The molecule has 0 bridgehead atoms. The number of rotatable bonds is 2. The first-order valence-corrected chi connectivity index (χ1v) is 5.86. The molecular formula is C12H14FNS. The van der Waals surface area contributed by atoms with Crippen LogP contribution in [-0.4, -0.2) is 0 Å². The lowest BCUT2D eigenvalue weighted by atomic mass is 9.99. The number of hydrogen-bond acceptors (Lipinski definition) is 2. The van der Waals surface area contributed by atoms with E-state index in [-0.39, 0.29) is 5.82 Å². The SMILES string of the molecule is CC(C)c1c(CN)sc2c(F)cccc12. The average molecular weight is 223 g/mol. The Morgan fingerprint density at radius 1 is 1.40 bits per heavy atom. The molecule has 3 heteroatoms. The van der Waals surface area contributed by atoms with E-state index in [1.54, 1.807) is 6.07 Å². The van der Waals surface area contributed by atoms with E-state index >= 15 is 0 Å². The second kappa shape index (κ2) is 3.91. The van der Waals surface area contributed by atoms with Crippen LogP contribution in [0.15, 0.2) is 18.2 Å². The molecule has 1 nitrogen and oxygen atoms in total. The van der Waals surface area contributed by atoms with E-state index in [1.165, 1.54) is 23.0 Å². The van der Waals surface area contributed by atoms with Crippen molar-refractivity contribution in [3.63, 3.8) is 0 Å². The standard InChI is InChI=1S/C12H14FNS/c1-7(2)11-8-4-3-5-9(13)12(8)15-10(11)6-14/h3-5,7H,6,14H2,1-2H3. The average Bonchev–Trinajstić information content (AvgIpc) is 2.57. The van der Waals surface area contributed by atoms with Crippen LogP contribution in [0.2, 0.25) is 0 Å². The highest BCUT2D eigenvalue weighted by atomic mass is 32.1. The fourth-order valence-electron chi connectivity index (χ4n) is 1.94. The third-order valence-electron chi connectivity index (χ3n) is 2.55. The topological polar surface area (TPSA) is 26.0 Å². The van der Waals surface area contributed by atoms with Gasteiger partial charge in [0.15, 0.2) is 0 Å². The van der Waals surface area contributed by atoms with Crippen LogP contribution in [0.4, 0.5) is 4.39 Å². The maximum Gasteiger partial charge on any atom is 0.141 e. The maximum absolute atomic E-state index is 13.5. The van der Waals surface area contributed by atoms with Crippen molar-refractivity contribution in [1.82, 2.24) is 0 Å². The van der Waals surface area contributed by atoms with Crippen molar-refractivity contribution < 1.29 is 4.39 Å². The van der Waals surface area contributed by atoms with E-state index in [9.17, 15) is 4.39 Å². The summed E-state index contributed by atoms with van der Waals surface area (Å²) in [5.41, 5.74) is 6.90. The molecule has 0 saturated heterocycles. The first kappa shape index (κ1) is 10.6. The molecule has 0 amide bonds. The Bertz CT molecular complexity index is 488. The summed E-state index contributed by atoms with van der Waals surface area (Å²) < 4.78 is 14.3. The van der Waals surface area contributed by atoms with E-state index in [4.69, 9.17) is 5.73 Å². The van der Waals surface area contributed by atoms with E-state index in [0.29, 0.717) is 12.5 Å². The van der Waals surface area contributed by atoms with Gasteiger partial charge in [0.05, 0.1) is 4.70 Å². The molecule has 1 aromatic heterocycles. The van der Waals surface area contributed by atoms with Gasteiger partial charge in [0, 0.05) is 11.4 Å². The summed E-state index contributed by atoms with van der Waals surface area (Å²) in [4.78, 5) is 1.10. The van der Waals surface area contributed by atoms with Crippen LogP contribution in [0.1, 0.15) is 30.2 Å². The van der Waals surface area contributed by atoms with Gasteiger partial charge in [-0.3, -0.25) is 0 Å². The minimum absolute atomic E-state index is 0.140. The van der Waals surface area contributed by atoms with Crippen LogP contribution in [0.3, 0.4) is 0 Å². The lowest BCUT2D eigenvalue weighted by Crippen LogP contribution is -1.98. The molecular weight excluding hydrogens is 209 g/mol. The molecule has 1 aromatic carbocycles. The van der Waals surface area contributed by atoms with Gasteiger partial charge in [-0.2, -0.15) is 0 Å². The van der Waals surface area contributed by atoms with Crippen molar-refractivity contribution in [2.24, 2.45) is 5.73 Å². The monoisotopic (exact) mass is 223 g/mol. The van der Waals surface area contributed by atoms with E-state index < -0.39 is 0 Å². The Hall–Kier alpha value is -0.930. The molecule has 2 N–H and O–H groups in total. The third-order valence-corrected chi connectivity index (χ3v) is 3.80. The Morgan fingerprint density at radius 3 is 2.73 bits per heavy atom. The van der Waals surface area contributed by atoms with Crippen molar-refractivity contribution in [2.75, 3.05) is 0 Å². The molecule has 0 aliphatic rings. The summed E-state index contributed by atoms with van der Waals surface area (Å²) in [6.07, 6.45) is 0. The van der Waals surface area contributed by atoms with Gasteiger partial charge in [-0.1, -0.05) is 26.0 Å². The van der Waals surface area contributed by atoms with Gasteiger partial charge < -0.3 is 5.73 Å². The highest BCUT2D eigenvalue weighted by Crippen LogP contribution is 2.37. The Balaban J connectivity index is 2.80. The minimum Gasteiger partial charge on any atom is -0.326 e. The molecule has 0 radical (unpaired) electrons. The van der Waals surface area contributed by atoms with Gasteiger partial charge in [-0.15, -0.1) is 11.3 Å². The van der Waals surface area contributed by atoms with Crippen molar-refractivity contribution in [3.05, 3.63) is 34.5 Å². The Morgan fingerprint density at radius 2 is 2.13 bits per heavy atom. The normalized spacial score (nSPS) is 11.5. The molecule has 0 fully saturated rings. The summed E-state index contributed by atoms with van der Waals surface area (Å²) in [6.45, 7) is 4.73. The van der Waals surface area contributed by atoms with Crippen LogP contribution < -0.4 is 5.73 Å². The molecule has 2 rings (SSSR count). The van der Waals surface area contributed by atoms with Crippen LogP contribution in [-0.2, 0) is 6.54 Å². The summed E-state index contributed by atoms with van der Waals surface area (Å²) in [5.74, 6) is 0.248. The number of thiophene rings is 1. The van der Waals surface area contributed by atoms with E-state index in [2.05, 4.69) is 13.8 Å². The second-order valence-corrected chi connectivity index (χ2v) is 5.02. The number of fused-ring (bicyclic) bond motifs is 1. The van der Waals surface area contributed by atoms with Gasteiger partial charge in [0.2, 0.25) is 0 Å². The molecule has 1 heterocycles. The third kappa shape index (κ3) is 1.66. The largest absolute Gasteiger partial charge is 0.326 e. The first-order chi connectivity index (χ1) is 7.15. The van der Waals surface area contributed by atoms with E-state index in [0.717, 1.165) is 15.0 Å². The summed E-state index contributed by atoms with van der Waals surface area (Å²) in [5, 5.41) is 1.02. The summed E-state index contributed by atoms with van der Waals surface area (Å²) in [6, 6.07) is 5.24. The molecule has 0 unspecified atom stereocenters. The van der Waals surface area contributed by atoms with Crippen molar-refractivity contribution in [1.29, 1.82) is 0 Å². The number of nitrogens with two attached hydrogens (primary N) is 1. The lowest BCUT2D eigenvalue weighted by molar-refractivity contribution is 0.641. The molecule has 15 heavy (non-hydrogen) atoms. The predicted molar refractivity (Wildman–Crippen MR) is 63.8 cm³/mol. The summed E-state index contributed by atoms with van der Waals surface area (Å²) >= 11 is 1.48. The molecule has 0 spiro atoms. The highest BCUT2D eigenvalue weighted by Gasteiger charge is 2.15. The molecule has 80 valence electrons. The minimum atomic E-state index is -0.140. The number of halogens is 1. The fraction of sp³-hybridized carbons (Fsp3) is 0.333. The van der Waals surface area contributed by atoms with Gasteiger partial charge in [0.25, 0.3) is 0 Å². The maximum atomic E-state index is 13.5. The highest BCUT2D eigenvalue weighted by molar-refractivity contribution is 7.19. The number of hydrogen-bond donors (Lipinski definition) is 1. The Labute approximate surface area is 92.7 Å². The van der Waals surface area contributed by atoms with Crippen molar-refractivity contribution in [3.8, 4) is 0 Å². The van der Waals surface area contributed by atoms with Gasteiger partial charge in [0.1, 0.15) is 5.82 Å². The molecule has 0 aliphatic heterocycles. The Kier molecular flexibility index (Phi) is 2.76. The quantitative estimate of drug-likeness (QED) is 0.826. The van der Waals surface area contributed by atoms with Crippen molar-refractivity contribution in [2.45, 2.75) is 26.3 Å². The van der Waals surface area contributed by atoms with Crippen LogP contribution in [0, 0.1) is 5.82 Å². The van der Waals surface area contributed by atoms with Crippen LogP contribution in [0.25, 0.3) is 10.1 Å². The van der Waals surface area contributed by atoms with Gasteiger partial charge >= 0.3 is 0 Å². The van der Waals surface area contributed by atoms with Gasteiger partial charge in [-0.25, -0.2) is 4.39 Å². The van der Waals surface area contributed by atoms with Gasteiger partial charge in [-0.05, 0) is 22.9 Å². The van der Waals surface area contributed by atoms with E-state index in [1.807, 2.05) is 6.07 Å². The van der Waals surface area contributed by atoms with Crippen molar-refractivity contribution >= 4 is 21.4 Å². The molecule has 0 saturated carbocycles. The molecule has 0 atom stereocenters. The fourth-order valence-corrected chi connectivity index (χ4v) is 3.18. The zero-order valence-corrected chi connectivity index (χ0v) is 9.70. The number of benzene rings is 1. The van der Waals surface area contributed by atoms with Crippen LogP contribution >= 0.6 is 11.3 Å². The second-order valence-electron chi connectivity index (χ2n) is 3.91. The predicted octanol–water partition coefficient (Wildman–Crippen LogP) is 3.62. The zero-order valence-electron chi connectivity index (χ0n) is 8.88. The van der Waals surface area contributed by atoms with Crippen LogP contribution in [0.5, 0.6) is 0 Å². The first-order valence-electron chi connectivity index (χ1n) is 5.05. The smallest absolute Gasteiger partial charge is 0.141 e. The zero-order chi connectivity index (χ0) is 11.0. The molecule has 2 aromatic rings.